The molecule has 1 atom stereocenters. The molecule has 4 nitrogen and oxygen atoms in total. The van der Waals surface area contributed by atoms with Crippen molar-refractivity contribution in [1.29, 1.82) is 0 Å². The van der Waals surface area contributed by atoms with E-state index < -0.39 is 49.8 Å². The molecule has 2 aromatic carbocycles. The maximum Gasteiger partial charge on any atom is 0.416 e. The van der Waals surface area contributed by atoms with Gasteiger partial charge in [-0.15, -0.1) is 0 Å². The van der Waals surface area contributed by atoms with Gasteiger partial charge in [0.15, 0.2) is 0 Å². The third-order valence-electron chi connectivity index (χ3n) is 3.08. The molecule has 11 heteroatoms. The number of hydrogen-bond donors (Lipinski definition) is 0. The summed E-state index contributed by atoms with van der Waals surface area (Å²) >= 11 is 0. The van der Waals surface area contributed by atoms with Gasteiger partial charge in [-0.05, 0) is 36.4 Å². The quantitative estimate of drug-likeness (QED) is 0.435. The Bertz CT molecular complexity index is 830. The van der Waals surface area contributed by atoms with Crippen LogP contribution in [0.15, 0.2) is 52.3 Å². The van der Waals surface area contributed by atoms with Crippen molar-refractivity contribution in [2.24, 2.45) is 0 Å². The van der Waals surface area contributed by atoms with Crippen molar-refractivity contribution >= 4 is 16.5 Å². The van der Waals surface area contributed by atoms with Crippen LogP contribution in [0.4, 0.5) is 32.0 Å². The largest absolute Gasteiger partial charge is 0.416 e. The molecule has 0 N–H and O–H groups in total. The average Bonchev–Trinajstić information content (AvgIpc) is 2.52. The van der Waals surface area contributed by atoms with Crippen LogP contribution in [0.1, 0.15) is 11.1 Å². The van der Waals surface area contributed by atoms with E-state index in [0.29, 0.717) is 24.3 Å². The minimum absolute atomic E-state index is 0.212. The van der Waals surface area contributed by atoms with E-state index in [9.17, 15) is 40.7 Å². The molecule has 134 valence electrons. The number of hydrogen-bond acceptors (Lipinski definition) is 3. The first-order valence-electron chi connectivity index (χ1n) is 6.36. The molecule has 0 spiro atoms. The van der Waals surface area contributed by atoms with Crippen LogP contribution in [-0.4, -0.2) is 9.13 Å². The maximum atomic E-state index is 12.6. The van der Waals surface area contributed by atoms with Gasteiger partial charge in [0.25, 0.3) is 5.69 Å². The highest BCUT2D eigenvalue weighted by Gasteiger charge is 2.34. The first-order valence-corrected chi connectivity index (χ1v) is 7.51. The zero-order valence-electron chi connectivity index (χ0n) is 11.9. The van der Waals surface area contributed by atoms with Gasteiger partial charge in [-0.2, -0.15) is 26.3 Å². The third kappa shape index (κ3) is 4.16. The van der Waals surface area contributed by atoms with E-state index in [1.165, 1.54) is 0 Å². The number of alkyl halides is 6. The zero-order valence-corrected chi connectivity index (χ0v) is 12.7. The van der Waals surface area contributed by atoms with Crippen LogP contribution in [0.3, 0.4) is 0 Å². The van der Waals surface area contributed by atoms with E-state index in [-0.39, 0.29) is 11.0 Å². The van der Waals surface area contributed by atoms with E-state index in [2.05, 4.69) is 0 Å². The molecule has 0 saturated heterocycles. The molecule has 25 heavy (non-hydrogen) atoms. The molecule has 0 aliphatic heterocycles. The van der Waals surface area contributed by atoms with Crippen LogP contribution in [0.5, 0.6) is 0 Å². The molecule has 0 aliphatic carbocycles. The highest BCUT2D eigenvalue weighted by Crippen LogP contribution is 2.36. The zero-order chi connectivity index (χ0) is 19.0. The van der Waals surface area contributed by atoms with Crippen LogP contribution in [0, 0.1) is 10.1 Å². The third-order valence-corrected chi connectivity index (χ3v) is 4.52. The topological polar surface area (TPSA) is 60.2 Å². The summed E-state index contributed by atoms with van der Waals surface area (Å²) in [6.07, 6.45) is -9.46. The number of rotatable bonds is 3. The van der Waals surface area contributed by atoms with Crippen LogP contribution in [0.25, 0.3) is 0 Å². The van der Waals surface area contributed by atoms with E-state index in [1.807, 2.05) is 0 Å². The van der Waals surface area contributed by atoms with Gasteiger partial charge >= 0.3 is 12.4 Å². The lowest BCUT2D eigenvalue weighted by atomic mass is 10.2. The van der Waals surface area contributed by atoms with Crippen molar-refractivity contribution in [1.82, 2.24) is 0 Å². The van der Waals surface area contributed by atoms with Crippen LogP contribution < -0.4 is 0 Å². The van der Waals surface area contributed by atoms with Gasteiger partial charge < -0.3 is 0 Å². The molecule has 0 fully saturated rings. The van der Waals surface area contributed by atoms with Gasteiger partial charge in [-0.25, -0.2) is 4.21 Å². The predicted octanol–water partition coefficient (Wildman–Crippen LogP) is 4.80. The lowest BCUT2D eigenvalue weighted by Crippen LogP contribution is -2.08. The summed E-state index contributed by atoms with van der Waals surface area (Å²) in [5.74, 6) is 0. The number of nitrogens with zero attached hydrogens (tertiary/aromatic N) is 1. The number of nitro benzene ring substituents is 1. The second kappa shape index (κ2) is 6.47. The summed E-state index contributed by atoms with van der Waals surface area (Å²) in [6, 6.07) is 4.38. The van der Waals surface area contributed by atoms with E-state index in [4.69, 9.17) is 0 Å². The van der Waals surface area contributed by atoms with Crippen molar-refractivity contribution in [2.45, 2.75) is 22.1 Å². The molecular weight excluding hydrogens is 376 g/mol. The van der Waals surface area contributed by atoms with Crippen molar-refractivity contribution in [3.8, 4) is 0 Å². The highest BCUT2D eigenvalue weighted by atomic mass is 32.2. The van der Waals surface area contributed by atoms with Crippen molar-refractivity contribution in [3.05, 3.63) is 63.7 Å². The lowest BCUT2D eigenvalue weighted by molar-refractivity contribution is -0.388. The van der Waals surface area contributed by atoms with Crippen molar-refractivity contribution in [2.75, 3.05) is 0 Å². The molecular formula is C14H7F6NO3S. The Morgan fingerprint density at radius 3 is 1.76 bits per heavy atom. The summed E-state index contributed by atoms with van der Waals surface area (Å²) in [5.41, 5.74) is -3.35. The summed E-state index contributed by atoms with van der Waals surface area (Å²) in [4.78, 5) is 9.09. The van der Waals surface area contributed by atoms with Crippen LogP contribution >= 0.6 is 0 Å². The molecule has 0 amide bonds. The molecule has 1 unspecified atom stereocenters. The molecule has 0 bridgehead atoms. The van der Waals surface area contributed by atoms with Gasteiger partial charge in [0, 0.05) is 11.0 Å². The predicted molar refractivity (Wildman–Crippen MR) is 74.2 cm³/mol. The Hall–Kier alpha value is -2.43. The molecule has 2 rings (SSSR count). The monoisotopic (exact) mass is 383 g/mol. The fraction of sp³-hybridized carbons (Fsp3) is 0.143. The number of benzene rings is 2. The Kier molecular flexibility index (Phi) is 4.89. The van der Waals surface area contributed by atoms with E-state index in [1.54, 1.807) is 0 Å². The Balaban J connectivity index is 2.47. The van der Waals surface area contributed by atoms with Gasteiger partial charge in [-0.1, -0.05) is 0 Å². The molecule has 0 aliphatic rings. The lowest BCUT2D eigenvalue weighted by Gasteiger charge is -2.10. The first-order chi connectivity index (χ1) is 11.4. The highest BCUT2D eigenvalue weighted by molar-refractivity contribution is 7.85. The Labute approximate surface area is 138 Å². The average molecular weight is 383 g/mol. The number of nitro groups is 1. The minimum Gasteiger partial charge on any atom is -0.258 e. The Morgan fingerprint density at radius 1 is 0.840 bits per heavy atom. The summed E-state index contributed by atoms with van der Waals surface area (Å²) in [5, 5.41) is 11.0. The fourth-order valence-electron chi connectivity index (χ4n) is 1.89. The summed E-state index contributed by atoms with van der Waals surface area (Å²) < 4.78 is 87.7. The fourth-order valence-corrected chi connectivity index (χ4v) is 3.04. The van der Waals surface area contributed by atoms with Crippen LogP contribution in [0.2, 0.25) is 0 Å². The van der Waals surface area contributed by atoms with Crippen molar-refractivity contribution < 1.29 is 35.5 Å². The molecule has 2 aromatic rings. The van der Waals surface area contributed by atoms with Crippen molar-refractivity contribution in [3.63, 3.8) is 0 Å². The van der Waals surface area contributed by atoms with Gasteiger partial charge in [0.2, 0.25) is 0 Å². The first kappa shape index (κ1) is 18.9. The van der Waals surface area contributed by atoms with Gasteiger partial charge in [0.1, 0.15) is 4.90 Å². The van der Waals surface area contributed by atoms with Crippen LogP contribution in [-0.2, 0) is 23.2 Å². The minimum atomic E-state index is -4.83. The summed E-state index contributed by atoms with van der Waals surface area (Å²) in [6.45, 7) is 0. The normalized spacial score (nSPS) is 13.5. The van der Waals surface area contributed by atoms with E-state index >= 15 is 0 Å². The Morgan fingerprint density at radius 2 is 1.32 bits per heavy atom. The molecule has 0 heterocycles. The summed E-state index contributed by atoms with van der Waals surface area (Å²) in [7, 11) is -2.33. The van der Waals surface area contributed by atoms with E-state index in [0.717, 1.165) is 12.1 Å². The molecule has 0 saturated carbocycles. The van der Waals surface area contributed by atoms with Gasteiger partial charge in [-0.3, -0.25) is 10.1 Å². The molecule has 0 radical (unpaired) electrons. The SMILES string of the molecule is O=[N+]([O-])c1cc(C(F)(F)F)ccc1S(=O)c1ccc(C(F)(F)F)cc1. The maximum absolute atomic E-state index is 12.6. The standard InChI is InChI=1S/C14H7F6NO3S/c15-13(16,17)8-1-4-10(5-2-8)25(24)12-6-3-9(14(18,19)20)7-11(12)21(22)23/h1-7H. The number of halogens is 6. The second-order valence-electron chi connectivity index (χ2n) is 4.73. The second-order valence-corrected chi connectivity index (χ2v) is 6.18. The smallest absolute Gasteiger partial charge is 0.258 e. The van der Waals surface area contributed by atoms with Gasteiger partial charge in [0.05, 0.1) is 26.8 Å². The molecule has 0 aromatic heterocycles.